The third-order valence-corrected chi connectivity index (χ3v) is 5.51. The lowest BCUT2D eigenvalue weighted by Gasteiger charge is -2.29. The summed E-state index contributed by atoms with van der Waals surface area (Å²) < 4.78 is 11.7. The normalized spacial score (nSPS) is 14.8. The van der Waals surface area contributed by atoms with E-state index >= 15 is 0 Å². The van der Waals surface area contributed by atoms with Gasteiger partial charge in [-0.1, -0.05) is 49.7 Å². The number of benzene rings is 1. The third-order valence-electron chi connectivity index (χ3n) is 3.89. The van der Waals surface area contributed by atoms with E-state index in [1.807, 2.05) is 6.07 Å². The molecular formula is C16H24Br2O2. The van der Waals surface area contributed by atoms with Gasteiger partial charge in [0.1, 0.15) is 16.0 Å². The first-order valence-corrected chi connectivity index (χ1v) is 8.47. The van der Waals surface area contributed by atoms with Gasteiger partial charge in [0.15, 0.2) is 0 Å². The Bertz CT molecular complexity index is 453. The number of alkyl halides is 1. The number of hydrogen-bond acceptors (Lipinski definition) is 2. The van der Waals surface area contributed by atoms with Crippen LogP contribution in [0.1, 0.15) is 44.5 Å². The maximum absolute atomic E-state index is 5.55. The van der Waals surface area contributed by atoms with Gasteiger partial charge < -0.3 is 9.47 Å². The first-order chi connectivity index (χ1) is 9.22. The van der Waals surface area contributed by atoms with Crippen molar-refractivity contribution in [3.63, 3.8) is 0 Å². The van der Waals surface area contributed by atoms with Gasteiger partial charge in [-0.05, 0) is 39.8 Å². The molecule has 2 atom stereocenters. The van der Waals surface area contributed by atoms with Crippen LogP contribution in [0.4, 0.5) is 0 Å². The minimum atomic E-state index is 0.258. The molecule has 114 valence electrons. The van der Waals surface area contributed by atoms with Crippen LogP contribution >= 0.6 is 31.9 Å². The van der Waals surface area contributed by atoms with E-state index in [0.717, 1.165) is 28.0 Å². The van der Waals surface area contributed by atoms with Gasteiger partial charge in [-0.25, -0.2) is 0 Å². The van der Waals surface area contributed by atoms with Crippen LogP contribution in [0.15, 0.2) is 16.6 Å². The lowest BCUT2D eigenvalue weighted by Crippen LogP contribution is -2.18. The van der Waals surface area contributed by atoms with Gasteiger partial charge in [-0.2, -0.15) is 0 Å². The fraction of sp³-hybridized carbons (Fsp3) is 0.625. The summed E-state index contributed by atoms with van der Waals surface area (Å²) in [6, 6.07) is 4.04. The predicted octanol–water partition coefficient (Wildman–Crippen LogP) is 5.97. The molecule has 0 radical (unpaired) electrons. The molecule has 0 aromatic heterocycles. The second kappa shape index (κ2) is 7.17. The van der Waals surface area contributed by atoms with Crippen molar-refractivity contribution < 1.29 is 9.47 Å². The van der Waals surface area contributed by atoms with E-state index in [2.05, 4.69) is 65.6 Å². The minimum absolute atomic E-state index is 0.258. The van der Waals surface area contributed by atoms with Crippen molar-refractivity contribution in [1.82, 2.24) is 0 Å². The Hall–Kier alpha value is -0.220. The van der Waals surface area contributed by atoms with Crippen molar-refractivity contribution in [1.29, 1.82) is 0 Å². The van der Waals surface area contributed by atoms with E-state index in [4.69, 9.17) is 9.47 Å². The average Bonchev–Trinajstić information content (AvgIpc) is 2.36. The lowest BCUT2D eigenvalue weighted by atomic mass is 9.79. The van der Waals surface area contributed by atoms with Crippen molar-refractivity contribution in [3.05, 3.63) is 22.2 Å². The molecule has 0 fully saturated rings. The molecule has 2 nitrogen and oxygen atoms in total. The Morgan fingerprint density at radius 2 is 1.75 bits per heavy atom. The van der Waals surface area contributed by atoms with E-state index in [1.54, 1.807) is 14.2 Å². The molecular weight excluding hydrogens is 384 g/mol. The molecule has 0 spiro atoms. The molecule has 0 saturated heterocycles. The van der Waals surface area contributed by atoms with Crippen molar-refractivity contribution in [2.24, 2.45) is 11.3 Å². The Morgan fingerprint density at radius 1 is 1.15 bits per heavy atom. The maximum Gasteiger partial charge on any atom is 0.141 e. The summed E-state index contributed by atoms with van der Waals surface area (Å²) in [6.45, 7) is 9.12. The predicted molar refractivity (Wildman–Crippen MR) is 92.2 cm³/mol. The minimum Gasteiger partial charge on any atom is -0.495 e. The highest BCUT2D eigenvalue weighted by atomic mass is 79.9. The summed E-state index contributed by atoms with van der Waals surface area (Å²) >= 11 is 7.37. The SMILES string of the molecule is COc1ccc(C(Br)CC(C)C(C)(C)C)c(OC)c1Br. The molecule has 0 saturated carbocycles. The number of methoxy groups -OCH3 is 2. The highest BCUT2D eigenvalue weighted by molar-refractivity contribution is 9.10. The standard InChI is InChI=1S/C16H24Br2O2/c1-10(16(2,3)4)9-12(17)11-7-8-13(19-5)14(18)15(11)20-6/h7-8,10,12H,9H2,1-6H3. The van der Waals surface area contributed by atoms with Crippen molar-refractivity contribution >= 4 is 31.9 Å². The van der Waals surface area contributed by atoms with Crippen LogP contribution in [0.5, 0.6) is 11.5 Å². The Morgan fingerprint density at radius 3 is 2.20 bits per heavy atom. The van der Waals surface area contributed by atoms with E-state index in [0.29, 0.717) is 11.3 Å². The lowest BCUT2D eigenvalue weighted by molar-refractivity contribution is 0.246. The third kappa shape index (κ3) is 4.14. The zero-order valence-electron chi connectivity index (χ0n) is 13.1. The van der Waals surface area contributed by atoms with Crippen LogP contribution in [0.3, 0.4) is 0 Å². The Kier molecular flexibility index (Phi) is 6.39. The van der Waals surface area contributed by atoms with Gasteiger partial charge >= 0.3 is 0 Å². The maximum atomic E-state index is 5.55. The molecule has 20 heavy (non-hydrogen) atoms. The van der Waals surface area contributed by atoms with Crippen LogP contribution in [-0.2, 0) is 0 Å². The Labute approximate surface area is 139 Å². The van der Waals surface area contributed by atoms with Crippen molar-refractivity contribution in [2.75, 3.05) is 14.2 Å². The highest BCUT2D eigenvalue weighted by Crippen LogP contribution is 2.45. The smallest absolute Gasteiger partial charge is 0.141 e. The summed E-state index contributed by atoms with van der Waals surface area (Å²) in [7, 11) is 3.35. The summed E-state index contributed by atoms with van der Waals surface area (Å²) in [5.74, 6) is 2.22. The summed E-state index contributed by atoms with van der Waals surface area (Å²) in [4.78, 5) is 0.258. The largest absolute Gasteiger partial charge is 0.495 e. The monoisotopic (exact) mass is 406 g/mol. The van der Waals surface area contributed by atoms with Gasteiger partial charge in [0.2, 0.25) is 0 Å². The zero-order valence-corrected chi connectivity index (χ0v) is 16.3. The molecule has 0 bridgehead atoms. The topological polar surface area (TPSA) is 18.5 Å². The highest BCUT2D eigenvalue weighted by Gasteiger charge is 2.25. The van der Waals surface area contributed by atoms with Crippen LogP contribution < -0.4 is 9.47 Å². The van der Waals surface area contributed by atoms with E-state index in [-0.39, 0.29) is 4.83 Å². The summed E-state index contributed by atoms with van der Waals surface area (Å²) in [6.07, 6.45) is 1.05. The molecule has 2 unspecified atom stereocenters. The molecule has 1 aromatic rings. The molecule has 0 aliphatic heterocycles. The number of hydrogen-bond donors (Lipinski definition) is 0. The summed E-state index contributed by atoms with van der Waals surface area (Å²) in [5.41, 5.74) is 1.44. The fourth-order valence-corrected chi connectivity index (χ4v) is 3.56. The summed E-state index contributed by atoms with van der Waals surface area (Å²) in [5, 5.41) is 0. The van der Waals surface area contributed by atoms with Crippen LogP contribution in [0, 0.1) is 11.3 Å². The van der Waals surface area contributed by atoms with Crippen molar-refractivity contribution in [3.8, 4) is 11.5 Å². The van der Waals surface area contributed by atoms with Gasteiger partial charge in [-0.15, -0.1) is 0 Å². The fourth-order valence-electron chi connectivity index (χ4n) is 1.96. The van der Waals surface area contributed by atoms with E-state index in [9.17, 15) is 0 Å². The first-order valence-electron chi connectivity index (χ1n) is 6.76. The number of rotatable bonds is 5. The van der Waals surface area contributed by atoms with E-state index in [1.165, 1.54) is 0 Å². The second-order valence-electron chi connectivity index (χ2n) is 6.17. The first kappa shape index (κ1) is 17.8. The van der Waals surface area contributed by atoms with Gasteiger partial charge in [0, 0.05) is 10.4 Å². The van der Waals surface area contributed by atoms with Gasteiger partial charge in [-0.3, -0.25) is 0 Å². The molecule has 1 rings (SSSR count). The van der Waals surface area contributed by atoms with Crippen molar-refractivity contribution in [2.45, 2.75) is 38.9 Å². The number of ether oxygens (including phenoxy) is 2. The molecule has 0 N–H and O–H groups in total. The van der Waals surface area contributed by atoms with Gasteiger partial charge in [0.05, 0.1) is 14.2 Å². The van der Waals surface area contributed by atoms with Crippen LogP contribution in [-0.4, -0.2) is 14.2 Å². The molecule has 0 amide bonds. The molecule has 0 heterocycles. The molecule has 0 aliphatic rings. The molecule has 1 aromatic carbocycles. The second-order valence-corrected chi connectivity index (χ2v) is 8.07. The molecule has 4 heteroatoms. The van der Waals surface area contributed by atoms with Crippen LogP contribution in [0.25, 0.3) is 0 Å². The molecule has 0 aliphatic carbocycles. The Balaban J connectivity index is 3.04. The quantitative estimate of drug-likeness (QED) is 0.559. The van der Waals surface area contributed by atoms with Gasteiger partial charge in [0.25, 0.3) is 0 Å². The van der Waals surface area contributed by atoms with Crippen LogP contribution in [0.2, 0.25) is 0 Å². The van der Waals surface area contributed by atoms with E-state index < -0.39 is 0 Å². The zero-order chi connectivity index (χ0) is 15.5. The number of halogens is 2. The average molecular weight is 408 g/mol.